The number of nitrogens with zero attached hydrogens (tertiary/aromatic N) is 2. The largest absolute Gasteiger partial charge is 0.480 e. The van der Waals surface area contributed by atoms with Crippen molar-refractivity contribution in [2.45, 2.75) is 25.7 Å². The van der Waals surface area contributed by atoms with Crippen LogP contribution in [-0.2, 0) is 14.3 Å². The lowest BCUT2D eigenvalue weighted by Gasteiger charge is -2.39. The van der Waals surface area contributed by atoms with Crippen LogP contribution in [0.25, 0.3) is 0 Å². The van der Waals surface area contributed by atoms with Crippen LogP contribution in [0.5, 0.6) is 0 Å². The lowest BCUT2D eigenvalue weighted by atomic mass is 9.67. The topological polar surface area (TPSA) is 90.6 Å². The second kappa shape index (κ2) is 6.36. The SMILES string of the molecule is COCCN(CCC#N)C(=O)C1(C(=O)O)CCC1. The van der Waals surface area contributed by atoms with Crippen LogP contribution in [0.15, 0.2) is 0 Å². The van der Waals surface area contributed by atoms with Gasteiger partial charge in [0.1, 0.15) is 5.41 Å². The number of rotatable bonds is 7. The van der Waals surface area contributed by atoms with Crippen molar-refractivity contribution in [1.29, 1.82) is 5.26 Å². The molecule has 0 bridgehead atoms. The molecular weight excluding hydrogens is 236 g/mol. The van der Waals surface area contributed by atoms with Gasteiger partial charge in [-0.05, 0) is 12.8 Å². The highest BCUT2D eigenvalue weighted by atomic mass is 16.5. The number of aliphatic carboxylic acids is 1. The van der Waals surface area contributed by atoms with Gasteiger partial charge in [-0.3, -0.25) is 9.59 Å². The number of ether oxygens (including phenoxy) is 1. The monoisotopic (exact) mass is 254 g/mol. The van der Waals surface area contributed by atoms with Gasteiger partial charge in [-0.25, -0.2) is 0 Å². The smallest absolute Gasteiger partial charge is 0.319 e. The average molecular weight is 254 g/mol. The Morgan fingerprint density at radius 2 is 2.11 bits per heavy atom. The Balaban J connectivity index is 2.74. The fraction of sp³-hybridized carbons (Fsp3) is 0.750. The van der Waals surface area contributed by atoms with E-state index in [2.05, 4.69) is 0 Å². The predicted molar refractivity (Wildman–Crippen MR) is 62.6 cm³/mol. The van der Waals surface area contributed by atoms with Gasteiger partial charge >= 0.3 is 5.97 Å². The lowest BCUT2D eigenvalue weighted by molar-refractivity contribution is -0.167. The number of nitriles is 1. The first-order valence-corrected chi connectivity index (χ1v) is 5.97. The van der Waals surface area contributed by atoms with Crippen LogP contribution in [0, 0.1) is 16.7 Å². The number of carboxylic acids is 1. The number of amides is 1. The third-order valence-corrected chi connectivity index (χ3v) is 3.37. The van der Waals surface area contributed by atoms with E-state index in [9.17, 15) is 14.7 Å². The van der Waals surface area contributed by atoms with Crippen LogP contribution < -0.4 is 0 Å². The van der Waals surface area contributed by atoms with Gasteiger partial charge < -0.3 is 14.7 Å². The molecule has 6 heteroatoms. The molecular formula is C12H18N2O4. The maximum absolute atomic E-state index is 12.3. The van der Waals surface area contributed by atoms with Crippen LogP contribution >= 0.6 is 0 Å². The minimum Gasteiger partial charge on any atom is -0.480 e. The van der Waals surface area contributed by atoms with E-state index < -0.39 is 11.4 Å². The number of hydrogen-bond acceptors (Lipinski definition) is 4. The minimum atomic E-state index is -1.26. The maximum Gasteiger partial charge on any atom is 0.319 e. The molecule has 6 nitrogen and oxygen atoms in total. The number of carbonyl (C=O) groups excluding carboxylic acids is 1. The standard InChI is InChI=1S/C12H18N2O4/c1-18-9-8-14(7-3-6-13)10(15)12(11(16)17)4-2-5-12/h2-5,7-9H2,1H3,(H,16,17). The second-order valence-corrected chi connectivity index (χ2v) is 4.43. The van der Waals surface area contributed by atoms with Crippen molar-refractivity contribution >= 4 is 11.9 Å². The molecule has 1 amide bonds. The zero-order valence-electron chi connectivity index (χ0n) is 10.5. The Labute approximate surface area is 106 Å². The summed E-state index contributed by atoms with van der Waals surface area (Å²) in [6.07, 6.45) is 1.73. The fourth-order valence-corrected chi connectivity index (χ4v) is 2.05. The Morgan fingerprint density at radius 1 is 1.44 bits per heavy atom. The maximum atomic E-state index is 12.3. The normalized spacial score (nSPS) is 16.4. The summed E-state index contributed by atoms with van der Waals surface area (Å²) in [4.78, 5) is 25.0. The molecule has 18 heavy (non-hydrogen) atoms. The van der Waals surface area contributed by atoms with Crippen LogP contribution in [-0.4, -0.2) is 48.7 Å². The first-order chi connectivity index (χ1) is 8.58. The first kappa shape index (κ1) is 14.5. The van der Waals surface area contributed by atoms with Crippen LogP contribution in [0.4, 0.5) is 0 Å². The van der Waals surface area contributed by atoms with E-state index in [-0.39, 0.29) is 18.9 Å². The average Bonchev–Trinajstić information content (AvgIpc) is 2.27. The van der Waals surface area contributed by atoms with Crippen molar-refractivity contribution in [3.63, 3.8) is 0 Å². The summed E-state index contributed by atoms with van der Waals surface area (Å²) in [5, 5.41) is 17.8. The van der Waals surface area contributed by atoms with Crippen molar-refractivity contribution in [2.75, 3.05) is 26.8 Å². The fourth-order valence-electron chi connectivity index (χ4n) is 2.05. The van der Waals surface area contributed by atoms with Gasteiger partial charge in [-0.2, -0.15) is 5.26 Å². The summed E-state index contributed by atoms with van der Waals surface area (Å²) in [7, 11) is 1.52. The van der Waals surface area contributed by atoms with E-state index in [0.717, 1.165) is 6.42 Å². The Morgan fingerprint density at radius 3 is 2.50 bits per heavy atom. The predicted octanol–water partition coefficient (Wildman–Crippen LogP) is 0.630. The van der Waals surface area contributed by atoms with E-state index in [1.165, 1.54) is 12.0 Å². The molecule has 0 spiro atoms. The molecule has 0 aromatic carbocycles. The van der Waals surface area contributed by atoms with Gasteiger partial charge in [0, 0.05) is 20.2 Å². The first-order valence-electron chi connectivity index (χ1n) is 5.97. The molecule has 0 heterocycles. The van der Waals surface area contributed by atoms with E-state index in [1.54, 1.807) is 0 Å². The van der Waals surface area contributed by atoms with E-state index in [1.807, 2.05) is 6.07 Å². The zero-order valence-corrected chi connectivity index (χ0v) is 10.5. The highest BCUT2D eigenvalue weighted by Gasteiger charge is 2.52. The molecule has 0 aliphatic heterocycles. The van der Waals surface area contributed by atoms with Crippen molar-refractivity contribution in [2.24, 2.45) is 5.41 Å². The van der Waals surface area contributed by atoms with Crippen LogP contribution in [0.1, 0.15) is 25.7 Å². The van der Waals surface area contributed by atoms with Gasteiger partial charge in [0.25, 0.3) is 0 Å². The third kappa shape index (κ3) is 2.79. The summed E-state index contributed by atoms with van der Waals surface area (Å²) in [6, 6.07) is 1.96. The molecule has 0 atom stereocenters. The molecule has 0 saturated heterocycles. The van der Waals surface area contributed by atoms with Crippen molar-refractivity contribution in [3.05, 3.63) is 0 Å². The highest BCUT2D eigenvalue weighted by Crippen LogP contribution is 2.42. The van der Waals surface area contributed by atoms with Crippen molar-refractivity contribution in [3.8, 4) is 6.07 Å². The molecule has 1 N–H and O–H groups in total. The molecule has 0 aromatic heterocycles. The third-order valence-electron chi connectivity index (χ3n) is 3.37. The van der Waals surface area contributed by atoms with Gasteiger partial charge in [-0.1, -0.05) is 6.42 Å². The van der Waals surface area contributed by atoms with E-state index >= 15 is 0 Å². The van der Waals surface area contributed by atoms with Gasteiger partial charge in [0.2, 0.25) is 5.91 Å². The summed E-state index contributed by atoms with van der Waals surface area (Å²) in [5.41, 5.74) is -1.26. The van der Waals surface area contributed by atoms with Gasteiger partial charge in [0.15, 0.2) is 0 Å². The van der Waals surface area contributed by atoms with Gasteiger partial charge in [-0.15, -0.1) is 0 Å². The van der Waals surface area contributed by atoms with Crippen LogP contribution in [0.2, 0.25) is 0 Å². The molecule has 1 aliphatic rings. The molecule has 100 valence electrons. The quantitative estimate of drug-likeness (QED) is 0.673. The Hall–Kier alpha value is -1.61. The van der Waals surface area contributed by atoms with E-state index in [4.69, 9.17) is 10.00 Å². The summed E-state index contributed by atoms with van der Waals surface area (Å²) < 4.78 is 4.90. The minimum absolute atomic E-state index is 0.200. The number of carboxylic acid groups (broad SMARTS) is 1. The van der Waals surface area contributed by atoms with Crippen molar-refractivity contribution in [1.82, 2.24) is 4.90 Å². The highest BCUT2D eigenvalue weighted by molar-refractivity contribution is 6.02. The lowest BCUT2D eigenvalue weighted by Crippen LogP contribution is -2.53. The molecule has 0 radical (unpaired) electrons. The van der Waals surface area contributed by atoms with E-state index in [0.29, 0.717) is 26.0 Å². The molecule has 1 saturated carbocycles. The zero-order chi connectivity index (χ0) is 13.6. The molecule has 0 aromatic rings. The number of methoxy groups -OCH3 is 1. The second-order valence-electron chi connectivity index (χ2n) is 4.43. The molecule has 1 fully saturated rings. The molecule has 0 unspecified atom stereocenters. The van der Waals surface area contributed by atoms with Gasteiger partial charge in [0.05, 0.1) is 19.1 Å². The molecule has 1 aliphatic carbocycles. The number of carbonyl (C=O) groups is 2. The molecule has 1 rings (SSSR count). The Bertz CT molecular complexity index is 358. The number of hydrogen-bond donors (Lipinski definition) is 1. The van der Waals surface area contributed by atoms with Crippen molar-refractivity contribution < 1.29 is 19.4 Å². The summed E-state index contributed by atoms with van der Waals surface area (Å²) in [5.74, 6) is -1.44. The van der Waals surface area contributed by atoms with Crippen LogP contribution in [0.3, 0.4) is 0 Å². The summed E-state index contributed by atoms with van der Waals surface area (Å²) >= 11 is 0. The Kier molecular flexibility index (Phi) is 5.10. The summed E-state index contributed by atoms with van der Waals surface area (Å²) in [6.45, 7) is 0.923.